The summed E-state index contributed by atoms with van der Waals surface area (Å²) in [6, 6.07) is 22.6. The number of thiophene rings is 1. The lowest BCUT2D eigenvalue weighted by molar-refractivity contribution is 0.121. The molecule has 1 aliphatic rings. The number of benzene rings is 3. The van der Waals surface area contributed by atoms with Crippen molar-refractivity contribution < 1.29 is 13.9 Å². The van der Waals surface area contributed by atoms with Gasteiger partial charge in [0.1, 0.15) is 11.9 Å². The SMILES string of the molecule is C[C@@H](OC(=O)Nc1cc(Cl)sc1-c1ccc(-c2ccc(C3CC3)cc2)cc1)c1ccc(F)cc1Cl. The highest BCUT2D eigenvalue weighted by Crippen LogP contribution is 2.42. The zero-order valence-corrected chi connectivity index (χ0v) is 21.2. The molecule has 1 N–H and O–H groups in total. The van der Waals surface area contributed by atoms with Gasteiger partial charge in [0.25, 0.3) is 0 Å². The van der Waals surface area contributed by atoms with Gasteiger partial charge in [-0.15, -0.1) is 11.3 Å². The summed E-state index contributed by atoms with van der Waals surface area (Å²) in [4.78, 5) is 13.4. The van der Waals surface area contributed by atoms with Crippen LogP contribution in [0.1, 0.15) is 42.9 Å². The van der Waals surface area contributed by atoms with E-state index in [1.165, 1.54) is 53.5 Å². The Hall–Kier alpha value is -2.86. The van der Waals surface area contributed by atoms with Crippen LogP contribution in [0, 0.1) is 5.82 Å². The summed E-state index contributed by atoms with van der Waals surface area (Å²) in [5, 5.41) is 2.98. The van der Waals surface area contributed by atoms with E-state index < -0.39 is 18.0 Å². The average Bonchev–Trinajstić information content (AvgIpc) is 3.62. The van der Waals surface area contributed by atoms with Crippen molar-refractivity contribution in [1.82, 2.24) is 0 Å². The highest BCUT2D eigenvalue weighted by atomic mass is 35.5. The molecular weight excluding hydrogens is 504 g/mol. The Morgan fingerprint density at radius 1 is 0.971 bits per heavy atom. The Morgan fingerprint density at radius 2 is 1.60 bits per heavy atom. The molecule has 35 heavy (non-hydrogen) atoms. The first-order valence-corrected chi connectivity index (χ1v) is 12.9. The van der Waals surface area contributed by atoms with E-state index in [4.69, 9.17) is 27.9 Å². The molecular formula is C28H22Cl2FNO2S. The van der Waals surface area contributed by atoms with Crippen molar-refractivity contribution >= 4 is 46.3 Å². The Kier molecular flexibility index (Phi) is 6.83. The number of nitrogens with one attached hydrogen (secondary N) is 1. The number of amides is 1. The Bertz CT molecular complexity index is 1360. The fourth-order valence-corrected chi connectivity index (χ4v) is 5.55. The lowest BCUT2D eigenvalue weighted by atomic mass is 10.0. The van der Waals surface area contributed by atoms with Gasteiger partial charge in [0.05, 0.1) is 19.9 Å². The van der Waals surface area contributed by atoms with Gasteiger partial charge in [0.15, 0.2) is 0 Å². The minimum atomic E-state index is -0.661. The van der Waals surface area contributed by atoms with Gasteiger partial charge in [-0.1, -0.05) is 77.8 Å². The lowest BCUT2D eigenvalue weighted by Crippen LogP contribution is -2.16. The van der Waals surface area contributed by atoms with Crippen molar-refractivity contribution in [2.75, 3.05) is 5.32 Å². The molecule has 0 unspecified atom stereocenters. The molecule has 1 atom stereocenters. The largest absolute Gasteiger partial charge is 0.441 e. The summed E-state index contributed by atoms with van der Waals surface area (Å²) in [5.74, 6) is 0.289. The minimum Gasteiger partial charge on any atom is -0.441 e. The maximum Gasteiger partial charge on any atom is 0.412 e. The third-order valence-electron chi connectivity index (χ3n) is 6.06. The predicted molar refractivity (Wildman–Crippen MR) is 142 cm³/mol. The van der Waals surface area contributed by atoms with Gasteiger partial charge < -0.3 is 4.74 Å². The number of hydrogen-bond donors (Lipinski definition) is 1. The van der Waals surface area contributed by atoms with Gasteiger partial charge in [0, 0.05) is 5.56 Å². The quantitative estimate of drug-likeness (QED) is 0.272. The van der Waals surface area contributed by atoms with Crippen molar-refractivity contribution in [3.8, 4) is 21.6 Å². The van der Waals surface area contributed by atoms with E-state index >= 15 is 0 Å². The average molecular weight is 526 g/mol. The number of ether oxygens (including phenoxy) is 1. The Labute approximate surface area is 217 Å². The molecule has 4 aromatic rings. The van der Waals surface area contributed by atoms with E-state index in [9.17, 15) is 9.18 Å². The zero-order chi connectivity index (χ0) is 24.5. The maximum atomic E-state index is 13.3. The number of rotatable bonds is 6. The fraction of sp³-hybridized carbons (Fsp3) is 0.179. The van der Waals surface area contributed by atoms with Gasteiger partial charge >= 0.3 is 6.09 Å². The third kappa shape index (κ3) is 5.53. The van der Waals surface area contributed by atoms with Gasteiger partial charge in [-0.3, -0.25) is 5.32 Å². The standard InChI is InChI=1S/C28H22Cl2FNO2S/c1-16(23-13-12-22(31)14-24(23)29)34-28(33)32-25-15-26(30)35-27(25)21-10-8-20(9-11-21)19-6-4-18(5-7-19)17-2-3-17/h4-17H,2-3H2,1H3,(H,32,33)/t16-/m1/s1. The minimum absolute atomic E-state index is 0.201. The van der Waals surface area contributed by atoms with Gasteiger partial charge in [-0.25, -0.2) is 9.18 Å². The van der Waals surface area contributed by atoms with Crippen LogP contribution >= 0.6 is 34.5 Å². The monoisotopic (exact) mass is 525 g/mol. The maximum absolute atomic E-state index is 13.3. The van der Waals surface area contributed by atoms with Crippen molar-refractivity contribution in [3.63, 3.8) is 0 Å². The summed E-state index contributed by atoms with van der Waals surface area (Å²) >= 11 is 13.7. The van der Waals surface area contributed by atoms with Crippen molar-refractivity contribution in [2.24, 2.45) is 0 Å². The van der Waals surface area contributed by atoms with Crippen LogP contribution in [0.15, 0.2) is 72.8 Å². The van der Waals surface area contributed by atoms with E-state index in [0.717, 1.165) is 21.9 Å². The van der Waals surface area contributed by atoms with E-state index in [-0.39, 0.29) is 5.02 Å². The van der Waals surface area contributed by atoms with E-state index in [1.807, 2.05) is 12.1 Å². The van der Waals surface area contributed by atoms with Crippen molar-refractivity contribution in [2.45, 2.75) is 31.8 Å². The molecule has 1 saturated carbocycles. The molecule has 3 aromatic carbocycles. The molecule has 0 aliphatic heterocycles. The topological polar surface area (TPSA) is 38.3 Å². The van der Waals surface area contributed by atoms with Crippen LogP contribution in [0.2, 0.25) is 9.36 Å². The number of halogens is 3. The zero-order valence-electron chi connectivity index (χ0n) is 18.9. The van der Waals surface area contributed by atoms with Crippen LogP contribution in [-0.2, 0) is 4.74 Å². The van der Waals surface area contributed by atoms with Crippen LogP contribution in [0.5, 0.6) is 0 Å². The highest BCUT2D eigenvalue weighted by Gasteiger charge is 2.23. The molecule has 1 aliphatic carbocycles. The number of hydrogen-bond acceptors (Lipinski definition) is 3. The second-order valence-corrected chi connectivity index (χ2v) is 10.7. The molecule has 7 heteroatoms. The molecule has 0 spiro atoms. The highest BCUT2D eigenvalue weighted by molar-refractivity contribution is 7.20. The molecule has 0 saturated heterocycles. The molecule has 0 bridgehead atoms. The number of carbonyl (C=O) groups is 1. The number of anilines is 1. The molecule has 0 radical (unpaired) electrons. The summed E-state index contributed by atoms with van der Waals surface area (Å²) < 4.78 is 19.3. The predicted octanol–water partition coefficient (Wildman–Crippen LogP) is 9.72. The summed E-state index contributed by atoms with van der Waals surface area (Å²) in [7, 11) is 0. The summed E-state index contributed by atoms with van der Waals surface area (Å²) in [6.07, 6.45) is 1.27. The number of carbonyl (C=O) groups excluding carboxylic acids is 1. The van der Waals surface area contributed by atoms with Gasteiger partial charge in [0.2, 0.25) is 0 Å². The third-order valence-corrected chi connectivity index (χ3v) is 7.70. The van der Waals surface area contributed by atoms with Gasteiger partial charge in [-0.2, -0.15) is 0 Å². The van der Waals surface area contributed by atoms with Crippen LogP contribution in [0.25, 0.3) is 21.6 Å². The summed E-state index contributed by atoms with van der Waals surface area (Å²) in [5.41, 5.74) is 5.72. The first-order chi connectivity index (χ1) is 16.9. The lowest BCUT2D eigenvalue weighted by Gasteiger charge is -2.16. The molecule has 3 nitrogen and oxygen atoms in total. The van der Waals surface area contributed by atoms with Crippen LogP contribution < -0.4 is 5.32 Å². The van der Waals surface area contributed by atoms with E-state index in [2.05, 4.69) is 41.7 Å². The van der Waals surface area contributed by atoms with Crippen LogP contribution in [0.3, 0.4) is 0 Å². The molecule has 1 aromatic heterocycles. The van der Waals surface area contributed by atoms with E-state index in [1.54, 1.807) is 13.0 Å². The van der Waals surface area contributed by atoms with Crippen LogP contribution in [0.4, 0.5) is 14.9 Å². The van der Waals surface area contributed by atoms with E-state index in [0.29, 0.717) is 15.6 Å². The first kappa shape index (κ1) is 23.9. The Morgan fingerprint density at radius 3 is 2.23 bits per heavy atom. The molecule has 5 rings (SSSR count). The Balaban J connectivity index is 1.29. The molecule has 1 amide bonds. The van der Waals surface area contributed by atoms with Crippen molar-refractivity contribution in [3.05, 3.63) is 99.1 Å². The van der Waals surface area contributed by atoms with Gasteiger partial charge in [-0.05, 0) is 66.1 Å². The molecule has 1 heterocycles. The fourth-order valence-electron chi connectivity index (χ4n) is 4.04. The second kappa shape index (κ2) is 10.0. The van der Waals surface area contributed by atoms with Crippen molar-refractivity contribution in [1.29, 1.82) is 0 Å². The smallest absolute Gasteiger partial charge is 0.412 e. The summed E-state index contributed by atoms with van der Waals surface area (Å²) in [6.45, 7) is 1.68. The molecule has 178 valence electrons. The first-order valence-electron chi connectivity index (χ1n) is 11.3. The molecule has 1 fully saturated rings. The second-order valence-electron chi connectivity index (χ2n) is 8.61. The normalized spacial score (nSPS) is 13.9. The van der Waals surface area contributed by atoms with Crippen LogP contribution in [-0.4, -0.2) is 6.09 Å².